The Hall–Kier alpha value is -1.06. The van der Waals surface area contributed by atoms with Gasteiger partial charge in [-0.05, 0) is 38.5 Å². The van der Waals surface area contributed by atoms with Crippen molar-refractivity contribution in [3.63, 3.8) is 0 Å². The van der Waals surface area contributed by atoms with Gasteiger partial charge in [0.2, 0.25) is 0 Å². The van der Waals surface area contributed by atoms with E-state index in [1.807, 2.05) is 24.0 Å². The molecule has 2 unspecified atom stereocenters. The number of piperazine rings is 1. The maximum atomic E-state index is 12.5. The molecule has 4 heteroatoms. The highest BCUT2D eigenvalue weighted by Crippen LogP contribution is 2.19. The van der Waals surface area contributed by atoms with E-state index in [1.54, 1.807) is 6.07 Å². The van der Waals surface area contributed by atoms with Crippen molar-refractivity contribution >= 4 is 17.5 Å². The molecule has 2 atom stereocenters. The fourth-order valence-corrected chi connectivity index (χ4v) is 2.38. The quantitative estimate of drug-likeness (QED) is 0.847. The molecular weight excluding hydrogens is 248 g/mol. The van der Waals surface area contributed by atoms with Gasteiger partial charge in [-0.1, -0.05) is 17.7 Å². The van der Waals surface area contributed by atoms with Crippen LogP contribution >= 0.6 is 11.6 Å². The lowest BCUT2D eigenvalue weighted by Gasteiger charge is -2.37. The third-order valence-corrected chi connectivity index (χ3v) is 3.85. The number of carbonyl (C=O) groups is 1. The van der Waals surface area contributed by atoms with E-state index in [-0.39, 0.29) is 11.9 Å². The number of halogens is 1. The molecule has 1 saturated heterocycles. The lowest BCUT2D eigenvalue weighted by atomic mass is 10.1. The van der Waals surface area contributed by atoms with Crippen molar-refractivity contribution in [2.24, 2.45) is 0 Å². The predicted octanol–water partition coefficient (Wildman–Crippen LogP) is 2.47. The fraction of sp³-hybridized carbons (Fsp3) is 0.500. The summed E-state index contributed by atoms with van der Waals surface area (Å²) >= 11 is 6.08. The van der Waals surface area contributed by atoms with Crippen molar-refractivity contribution in [2.75, 3.05) is 13.1 Å². The minimum absolute atomic E-state index is 0.0674. The lowest BCUT2D eigenvalue weighted by molar-refractivity contribution is 0.0616. The second-order valence-corrected chi connectivity index (χ2v) is 5.49. The van der Waals surface area contributed by atoms with Crippen LogP contribution in [0.5, 0.6) is 0 Å². The summed E-state index contributed by atoms with van der Waals surface area (Å²) in [5.41, 5.74) is 1.67. The summed E-state index contributed by atoms with van der Waals surface area (Å²) in [6, 6.07) is 6.06. The van der Waals surface area contributed by atoms with Crippen molar-refractivity contribution in [3.05, 3.63) is 34.3 Å². The van der Waals surface area contributed by atoms with Crippen molar-refractivity contribution in [1.82, 2.24) is 10.2 Å². The summed E-state index contributed by atoms with van der Waals surface area (Å²) in [4.78, 5) is 14.4. The topological polar surface area (TPSA) is 32.3 Å². The zero-order valence-electron chi connectivity index (χ0n) is 11.0. The molecule has 1 fully saturated rings. The molecule has 1 heterocycles. The number of amides is 1. The number of rotatable bonds is 1. The van der Waals surface area contributed by atoms with Crippen molar-refractivity contribution in [1.29, 1.82) is 0 Å². The molecule has 1 aromatic carbocycles. The summed E-state index contributed by atoms with van der Waals surface area (Å²) in [6.45, 7) is 7.67. The largest absolute Gasteiger partial charge is 0.333 e. The molecule has 2 rings (SSSR count). The summed E-state index contributed by atoms with van der Waals surface area (Å²) < 4.78 is 0. The number of hydrogen-bond acceptors (Lipinski definition) is 2. The van der Waals surface area contributed by atoms with E-state index in [0.717, 1.165) is 18.7 Å². The number of benzene rings is 1. The minimum Gasteiger partial charge on any atom is -0.333 e. The molecule has 0 aromatic heterocycles. The fourth-order valence-electron chi connectivity index (χ4n) is 2.20. The van der Waals surface area contributed by atoms with Crippen molar-refractivity contribution < 1.29 is 4.79 Å². The predicted molar refractivity (Wildman–Crippen MR) is 74.2 cm³/mol. The van der Waals surface area contributed by atoms with E-state index < -0.39 is 0 Å². The number of aryl methyl sites for hydroxylation is 1. The number of carbonyl (C=O) groups excluding carboxylic acids is 1. The van der Waals surface area contributed by atoms with Crippen LogP contribution in [0.3, 0.4) is 0 Å². The second-order valence-electron chi connectivity index (χ2n) is 5.08. The minimum atomic E-state index is 0.0674. The van der Waals surface area contributed by atoms with Crippen LogP contribution in [-0.4, -0.2) is 36.0 Å². The molecule has 0 bridgehead atoms. The highest BCUT2D eigenvalue weighted by molar-refractivity contribution is 6.31. The van der Waals surface area contributed by atoms with Crippen LogP contribution in [0.15, 0.2) is 18.2 Å². The molecule has 0 spiro atoms. The average Bonchev–Trinajstić information content (AvgIpc) is 2.35. The Morgan fingerprint density at radius 2 is 2.17 bits per heavy atom. The van der Waals surface area contributed by atoms with Crippen LogP contribution in [0, 0.1) is 6.92 Å². The monoisotopic (exact) mass is 266 g/mol. The Bertz CT molecular complexity index is 461. The molecule has 0 saturated carbocycles. The first kappa shape index (κ1) is 13.4. The number of nitrogens with one attached hydrogen (secondary N) is 1. The van der Waals surface area contributed by atoms with Gasteiger partial charge in [0, 0.05) is 35.8 Å². The van der Waals surface area contributed by atoms with Gasteiger partial charge in [-0.3, -0.25) is 4.79 Å². The first-order chi connectivity index (χ1) is 8.49. The molecule has 3 nitrogen and oxygen atoms in total. The molecule has 0 aliphatic carbocycles. The zero-order chi connectivity index (χ0) is 13.3. The molecule has 1 N–H and O–H groups in total. The maximum Gasteiger partial charge on any atom is 0.254 e. The number of hydrogen-bond donors (Lipinski definition) is 1. The van der Waals surface area contributed by atoms with Gasteiger partial charge in [0.05, 0.1) is 0 Å². The third-order valence-electron chi connectivity index (χ3n) is 3.44. The third kappa shape index (κ3) is 2.68. The molecule has 1 amide bonds. The highest BCUT2D eigenvalue weighted by atomic mass is 35.5. The van der Waals surface area contributed by atoms with E-state index in [9.17, 15) is 4.79 Å². The second kappa shape index (κ2) is 5.29. The Kier molecular flexibility index (Phi) is 3.93. The summed E-state index contributed by atoms with van der Waals surface area (Å²) in [6.07, 6.45) is 0. The Morgan fingerprint density at radius 3 is 2.83 bits per heavy atom. The maximum absolute atomic E-state index is 12.5. The molecule has 1 aliphatic rings. The van der Waals surface area contributed by atoms with E-state index in [4.69, 9.17) is 11.6 Å². The Labute approximate surface area is 113 Å². The smallest absolute Gasteiger partial charge is 0.254 e. The van der Waals surface area contributed by atoms with Gasteiger partial charge in [-0.25, -0.2) is 0 Å². The van der Waals surface area contributed by atoms with Crippen molar-refractivity contribution in [2.45, 2.75) is 32.9 Å². The first-order valence-electron chi connectivity index (χ1n) is 6.29. The van der Waals surface area contributed by atoms with E-state index >= 15 is 0 Å². The van der Waals surface area contributed by atoms with Gasteiger partial charge in [0.1, 0.15) is 0 Å². The van der Waals surface area contributed by atoms with Crippen LogP contribution in [0.4, 0.5) is 0 Å². The van der Waals surface area contributed by atoms with E-state index in [2.05, 4.69) is 19.2 Å². The Morgan fingerprint density at radius 1 is 1.44 bits per heavy atom. The van der Waals surface area contributed by atoms with Crippen molar-refractivity contribution in [3.8, 4) is 0 Å². The highest BCUT2D eigenvalue weighted by Gasteiger charge is 2.27. The van der Waals surface area contributed by atoms with Gasteiger partial charge in [0.15, 0.2) is 0 Å². The van der Waals surface area contributed by atoms with Gasteiger partial charge >= 0.3 is 0 Å². The van der Waals surface area contributed by atoms with Gasteiger partial charge in [-0.15, -0.1) is 0 Å². The van der Waals surface area contributed by atoms with Gasteiger partial charge in [-0.2, -0.15) is 0 Å². The average molecular weight is 267 g/mol. The molecule has 18 heavy (non-hydrogen) atoms. The summed E-state index contributed by atoms with van der Waals surface area (Å²) in [5.74, 6) is 0.0674. The zero-order valence-corrected chi connectivity index (χ0v) is 11.8. The SMILES string of the molecule is Cc1ccc(C(=O)N2CC(C)NCC2C)cc1Cl. The van der Waals surface area contributed by atoms with Crippen LogP contribution in [0.25, 0.3) is 0 Å². The first-order valence-corrected chi connectivity index (χ1v) is 6.67. The lowest BCUT2D eigenvalue weighted by Crippen LogP contribution is -2.56. The number of nitrogens with zero attached hydrogens (tertiary/aromatic N) is 1. The van der Waals surface area contributed by atoms with Gasteiger partial charge in [0.25, 0.3) is 5.91 Å². The van der Waals surface area contributed by atoms with E-state index in [1.165, 1.54) is 0 Å². The van der Waals surface area contributed by atoms with Crippen LogP contribution in [0.1, 0.15) is 29.8 Å². The van der Waals surface area contributed by atoms with Gasteiger partial charge < -0.3 is 10.2 Å². The molecule has 98 valence electrons. The van der Waals surface area contributed by atoms with Crippen LogP contribution < -0.4 is 5.32 Å². The van der Waals surface area contributed by atoms with E-state index in [0.29, 0.717) is 16.6 Å². The van der Waals surface area contributed by atoms with Crippen LogP contribution in [0.2, 0.25) is 5.02 Å². The molecule has 0 radical (unpaired) electrons. The molecule has 1 aliphatic heterocycles. The molecular formula is C14H19ClN2O. The summed E-state index contributed by atoms with van der Waals surface area (Å²) in [7, 11) is 0. The Balaban J connectivity index is 2.21. The molecule has 1 aromatic rings. The standard InChI is InChI=1S/C14H19ClN2O/c1-9-4-5-12(6-13(9)15)14(18)17-8-10(2)16-7-11(17)3/h4-6,10-11,16H,7-8H2,1-3H3. The van der Waals surface area contributed by atoms with Crippen LogP contribution in [-0.2, 0) is 0 Å². The normalized spacial score (nSPS) is 24.1. The summed E-state index contributed by atoms with van der Waals surface area (Å²) in [5, 5.41) is 4.02.